The number of aryl methyl sites for hydroxylation is 2. The van der Waals surface area contributed by atoms with Gasteiger partial charge in [0.1, 0.15) is 28.6 Å². The summed E-state index contributed by atoms with van der Waals surface area (Å²) in [5, 5.41) is 10.3. The molecule has 0 aliphatic rings. The van der Waals surface area contributed by atoms with Crippen molar-refractivity contribution < 1.29 is 28.5 Å². The molecule has 0 amide bonds. The Kier molecular flexibility index (Phi) is 8.30. The summed E-state index contributed by atoms with van der Waals surface area (Å²) in [6.45, 7) is 9.72. The molecule has 0 saturated carbocycles. The van der Waals surface area contributed by atoms with E-state index in [1.54, 1.807) is 24.3 Å². The molecule has 3 aromatic carbocycles. The Labute approximate surface area is 224 Å². The van der Waals surface area contributed by atoms with Crippen LogP contribution in [0.5, 0.6) is 17.2 Å². The fourth-order valence-corrected chi connectivity index (χ4v) is 4.44. The van der Waals surface area contributed by atoms with Gasteiger partial charge in [0.2, 0.25) is 0 Å². The predicted octanol–water partition coefficient (Wildman–Crippen LogP) is 7.84. The maximum atomic E-state index is 11.3. The molecule has 0 saturated heterocycles. The van der Waals surface area contributed by atoms with E-state index in [4.69, 9.17) is 18.6 Å². The summed E-state index contributed by atoms with van der Waals surface area (Å²) in [5.41, 5.74) is 2.98. The van der Waals surface area contributed by atoms with E-state index >= 15 is 0 Å². The molecule has 0 fully saturated rings. The summed E-state index contributed by atoms with van der Waals surface area (Å²) in [5.74, 6) is 1.90. The van der Waals surface area contributed by atoms with E-state index in [-0.39, 0.29) is 6.10 Å². The summed E-state index contributed by atoms with van der Waals surface area (Å²) < 4.78 is 24.1. The highest BCUT2D eigenvalue weighted by molar-refractivity contribution is 5.98. The van der Waals surface area contributed by atoms with Crippen molar-refractivity contribution in [3.8, 4) is 28.4 Å². The average molecular weight is 517 g/mol. The van der Waals surface area contributed by atoms with E-state index in [9.17, 15) is 9.90 Å². The molecule has 4 aromatic rings. The Balaban J connectivity index is 1.41. The Morgan fingerprint density at radius 3 is 2.34 bits per heavy atom. The van der Waals surface area contributed by atoms with Gasteiger partial charge in [0, 0.05) is 22.9 Å². The first-order chi connectivity index (χ1) is 18.2. The van der Waals surface area contributed by atoms with Gasteiger partial charge in [-0.25, -0.2) is 4.79 Å². The largest absolute Gasteiger partial charge is 0.493 e. The lowest BCUT2D eigenvalue weighted by Gasteiger charge is -2.21. The molecule has 200 valence electrons. The van der Waals surface area contributed by atoms with Crippen LogP contribution >= 0.6 is 0 Å². The third-order valence-corrected chi connectivity index (χ3v) is 6.49. The smallest absolute Gasteiger partial charge is 0.347 e. The van der Waals surface area contributed by atoms with E-state index in [2.05, 4.69) is 31.2 Å². The monoisotopic (exact) mass is 516 g/mol. The number of furan rings is 1. The highest BCUT2D eigenvalue weighted by Crippen LogP contribution is 2.40. The van der Waals surface area contributed by atoms with E-state index in [1.165, 1.54) is 13.8 Å². The second kappa shape index (κ2) is 11.6. The van der Waals surface area contributed by atoms with Crippen LogP contribution in [0.1, 0.15) is 51.9 Å². The second-order valence-corrected chi connectivity index (χ2v) is 10.0. The van der Waals surface area contributed by atoms with Crippen LogP contribution in [0.15, 0.2) is 71.1 Å². The average Bonchev–Trinajstić information content (AvgIpc) is 3.23. The molecule has 1 N–H and O–H groups in total. The fourth-order valence-electron chi connectivity index (χ4n) is 4.44. The first-order valence-electron chi connectivity index (χ1n) is 13.1. The van der Waals surface area contributed by atoms with Gasteiger partial charge in [-0.2, -0.15) is 0 Å². The number of rotatable bonds is 12. The number of carboxylic acid groups (broad SMARTS) is 1. The van der Waals surface area contributed by atoms with Crippen LogP contribution in [0.3, 0.4) is 0 Å². The van der Waals surface area contributed by atoms with Crippen molar-refractivity contribution in [2.75, 3.05) is 6.61 Å². The minimum atomic E-state index is -1.30. The highest BCUT2D eigenvalue weighted by Gasteiger charge is 2.29. The van der Waals surface area contributed by atoms with Gasteiger partial charge in [-0.15, -0.1) is 0 Å². The second-order valence-electron chi connectivity index (χ2n) is 10.0. The number of benzene rings is 3. The van der Waals surface area contributed by atoms with Crippen molar-refractivity contribution in [2.24, 2.45) is 0 Å². The maximum absolute atomic E-state index is 11.3. The van der Waals surface area contributed by atoms with E-state index in [0.717, 1.165) is 52.0 Å². The lowest BCUT2D eigenvalue weighted by Crippen LogP contribution is -2.37. The normalized spacial score (nSPS) is 12.3. The lowest BCUT2D eigenvalue weighted by molar-refractivity contribution is -0.152. The molecular weight excluding hydrogens is 480 g/mol. The number of hydrogen-bond donors (Lipinski definition) is 1. The van der Waals surface area contributed by atoms with Gasteiger partial charge in [-0.05, 0) is 76.1 Å². The van der Waals surface area contributed by atoms with Crippen LogP contribution < -0.4 is 14.2 Å². The zero-order valence-corrected chi connectivity index (χ0v) is 22.7. The van der Waals surface area contributed by atoms with Gasteiger partial charge in [0.05, 0.1) is 12.7 Å². The van der Waals surface area contributed by atoms with Crippen LogP contribution in [0.25, 0.3) is 22.1 Å². The van der Waals surface area contributed by atoms with E-state index in [1.807, 2.05) is 32.0 Å². The number of carbonyl (C=O) groups is 1. The van der Waals surface area contributed by atoms with Gasteiger partial charge in [-0.1, -0.05) is 43.7 Å². The topological polar surface area (TPSA) is 78.1 Å². The SMILES string of the molecule is CCCc1c(OC(C)CCOc2ccc(OC(C)(C)C(=O)O)cc2)ccc2c(-c3ccccc3)c(C)oc12. The number of ether oxygens (including phenoxy) is 3. The number of fused-ring (bicyclic) bond motifs is 1. The summed E-state index contributed by atoms with van der Waals surface area (Å²) in [7, 11) is 0. The molecule has 0 aliphatic carbocycles. The predicted molar refractivity (Wildman–Crippen MR) is 149 cm³/mol. The van der Waals surface area contributed by atoms with Gasteiger partial charge < -0.3 is 23.7 Å². The minimum absolute atomic E-state index is 0.0633. The first kappa shape index (κ1) is 27.1. The van der Waals surface area contributed by atoms with Crippen LogP contribution in [0, 0.1) is 6.92 Å². The van der Waals surface area contributed by atoms with Gasteiger partial charge in [-0.3, -0.25) is 0 Å². The third kappa shape index (κ3) is 6.13. The summed E-state index contributed by atoms with van der Waals surface area (Å²) >= 11 is 0. The number of carboxylic acids is 1. The van der Waals surface area contributed by atoms with Crippen LogP contribution in [0.2, 0.25) is 0 Å². The van der Waals surface area contributed by atoms with Crippen LogP contribution in [-0.4, -0.2) is 29.4 Å². The van der Waals surface area contributed by atoms with Crippen LogP contribution in [0.4, 0.5) is 0 Å². The van der Waals surface area contributed by atoms with Gasteiger partial charge >= 0.3 is 5.97 Å². The van der Waals surface area contributed by atoms with Crippen molar-refractivity contribution in [1.82, 2.24) is 0 Å². The molecule has 1 atom stereocenters. The lowest BCUT2D eigenvalue weighted by atomic mass is 9.99. The molecule has 0 aliphatic heterocycles. The van der Waals surface area contributed by atoms with Crippen molar-refractivity contribution >= 4 is 16.9 Å². The van der Waals surface area contributed by atoms with Gasteiger partial charge in [0.15, 0.2) is 5.60 Å². The minimum Gasteiger partial charge on any atom is -0.493 e. The zero-order chi connectivity index (χ0) is 27.3. The van der Waals surface area contributed by atoms with Gasteiger partial charge in [0.25, 0.3) is 0 Å². The molecule has 6 nitrogen and oxygen atoms in total. The molecule has 0 bridgehead atoms. The van der Waals surface area contributed by atoms with E-state index in [0.29, 0.717) is 24.5 Å². The Hall–Kier alpha value is -3.93. The van der Waals surface area contributed by atoms with Crippen LogP contribution in [-0.2, 0) is 11.2 Å². The molecule has 1 aromatic heterocycles. The number of aliphatic carboxylic acids is 1. The molecule has 0 spiro atoms. The Morgan fingerprint density at radius 2 is 1.68 bits per heavy atom. The summed E-state index contributed by atoms with van der Waals surface area (Å²) in [4.78, 5) is 11.3. The number of hydrogen-bond acceptors (Lipinski definition) is 5. The molecule has 1 unspecified atom stereocenters. The van der Waals surface area contributed by atoms with Crippen molar-refractivity contribution in [3.05, 3.63) is 78.1 Å². The molecule has 1 heterocycles. The standard InChI is InChI=1S/C32H36O6/c1-6-10-26-28(18-17-27-29(22(3)37-30(26)27)23-11-8-7-9-12-23)36-21(2)19-20-35-24-13-15-25(16-14-24)38-32(4,5)31(33)34/h7-9,11-18,21H,6,10,19-20H2,1-5H3,(H,33,34). The molecule has 4 rings (SSSR count). The first-order valence-corrected chi connectivity index (χ1v) is 13.1. The van der Waals surface area contributed by atoms with Crippen molar-refractivity contribution in [2.45, 2.75) is 65.6 Å². The summed E-state index contributed by atoms with van der Waals surface area (Å²) in [6, 6.07) is 21.5. The quantitative estimate of drug-likeness (QED) is 0.207. The summed E-state index contributed by atoms with van der Waals surface area (Å²) in [6.07, 6.45) is 2.48. The Bertz CT molecular complexity index is 1370. The third-order valence-electron chi connectivity index (χ3n) is 6.49. The fraction of sp³-hybridized carbons (Fsp3) is 0.344. The Morgan fingerprint density at radius 1 is 1.00 bits per heavy atom. The maximum Gasteiger partial charge on any atom is 0.347 e. The molecule has 6 heteroatoms. The molecular formula is C32H36O6. The molecule has 38 heavy (non-hydrogen) atoms. The zero-order valence-electron chi connectivity index (χ0n) is 22.7. The molecule has 0 radical (unpaired) electrons. The highest BCUT2D eigenvalue weighted by atomic mass is 16.5. The van der Waals surface area contributed by atoms with Crippen molar-refractivity contribution in [1.29, 1.82) is 0 Å². The van der Waals surface area contributed by atoms with Crippen molar-refractivity contribution in [3.63, 3.8) is 0 Å². The van der Waals surface area contributed by atoms with E-state index < -0.39 is 11.6 Å².